The second kappa shape index (κ2) is 9.11. The van der Waals surface area contributed by atoms with Gasteiger partial charge < -0.3 is 24.4 Å². The molecule has 2 aromatic rings. The third-order valence-corrected chi connectivity index (χ3v) is 4.78. The average Bonchev–Trinajstić information content (AvgIpc) is 2.67. The molecule has 146 valence electrons. The first-order chi connectivity index (χ1) is 13.1. The lowest BCUT2D eigenvalue weighted by molar-refractivity contribution is 0.261. The molecule has 3 rings (SSSR count). The van der Waals surface area contributed by atoms with Crippen LogP contribution in [0.2, 0.25) is 0 Å². The van der Waals surface area contributed by atoms with E-state index in [9.17, 15) is 0 Å². The summed E-state index contributed by atoms with van der Waals surface area (Å²) in [6.07, 6.45) is 0.980. The Balaban J connectivity index is 1.87. The minimum atomic E-state index is 0.122. The first kappa shape index (κ1) is 19.5. The van der Waals surface area contributed by atoms with Crippen molar-refractivity contribution in [2.45, 2.75) is 19.4 Å². The van der Waals surface area contributed by atoms with Gasteiger partial charge >= 0.3 is 0 Å². The quantitative estimate of drug-likeness (QED) is 0.773. The van der Waals surface area contributed by atoms with Crippen molar-refractivity contribution >= 4 is 0 Å². The van der Waals surface area contributed by atoms with Crippen LogP contribution in [0.15, 0.2) is 36.4 Å². The molecule has 27 heavy (non-hydrogen) atoms. The molecule has 5 nitrogen and oxygen atoms in total. The van der Waals surface area contributed by atoms with Gasteiger partial charge in [-0.3, -0.25) is 0 Å². The zero-order valence-corrected chi connectivity index (χ0v) is 16.7. The second-order valence-electron chi connectivity index (χ2n) is 7.00. The number of rotatable bonds is 8. The Bertz CT molecular complexity index is 761. The van der Waals surface area contributed by atoms with Crippen LogP contribution in [0.5, 0.6) is 17.2 Å². The normalized spacial score (nSPS) is 16.1. The summed E-state index contributed by atoms with van der Waals surface area (Å²) in [6.45, 7) is 5.11. The summed E-state index contributed by atoms with van der Waals surface area (Å²) in [5.74, 6) is 2.50. The van der Waals surface area contributed by atoms with E-state index in [-0.39, 0.29) is 6.04 Å². The molecule has 2 aromatic carbocycles. The van der Waals surface area contributed by atoms with E-state index >= 15 is 0 Å². The number of hydrogen-bond acceptors (Lipinski definition) is 5. The van der Waals surface area contributed by atoms with Gasteiger partial charge in [0.15, 0.2) is 11.5 Å². The highest BCUT2D eigenvalue weighted by molar-refractivity contribution is 5.52. The monoisotopic (exact) mass is 370 g/mol. The summed E-state index contributed by atoms with van der Waals surface area (Å²) in [5.41, 5.74) is 3.75. The Kier molecular flexibility index (Phi) is 6.58. The largest absolute Gasteiger partial charge is 0.493 e. The maximum Gasteiger partial charge on any atom is 0.161 e. The van der Waals surface area contributed by atoms with Gasteiger partial charge in [0.25, 0.3) is 0 Å². The van der Waals surface area contributed by atoms with Crippen molar-refractivity contribution in [1.82, 2.24) is 10.2 Å². The van der Waals surface area contributed by atoms with E-state index in [2.05, 4.69) is 40.5 Å². The second-order valence-corrected chi connectivity index (χ2v) is 7.00. The third-order valence-electron chi connectivity index (χ3n) is 4.78. The number of nitrogens with zero attached hydrogens (tertiary/aromatic N) is 1. The minimum Gasteiger partial charge on any atom is -0.493 e. The number of likely N-dealkylation sites (N-methyl/N-ethyl adjacent to an activating group) is 1. The lowest BCUT2D eigenvalue weighted by Gasteiger charge is -2.29. The first-order valence-electron chi connectivity index (χ1n) is 9.56. The molecule has 1 aliphatic rings. The molecular formula is C22H30N2O3. The molecule has 0 saturated heterocycles. The van der Waals surface area contributed by atoms with Gasteiger partial charge in [-0.25, -0.2) is 0 Å². The zero-order chi connectivity index (χ0) is 19.2. The topological polar surface area (TPSA) is 43.0 Å². The lowest BCUT2D eigenvalue weighted by atomic mass is 9.89. The molecule has 0 spiro atoms. The van der Waals surface area contributed by atoms with Gasteiger partial charge in [0.05, 0.1) is 19.8 Å². The Morgan fingerprint density at radius 1 is 1.11 bits per heavy atom. The molecule has 1 unspecified atom stereocenters. The molecule has 0 fully saturated rings. The summed E-state index contributed by atoms with van der Waals surface area (Å²) in [4.78, 5) is 2.12. The van der Waals surface area contributed by atoms with Gasteiger partial charge in [-0.15, -0.1) is 0 Å². The predicted molar refractivity (Wildman–Crippen MR) is 108 cm³/mol. The van der Waals surface area contributed by atoms with Crippen molar-refractivity contribution in [3.8, 4) is 17.2 Å². The molecule has 0 amide bonds. The fraction of sp³-hybridized carbons (Fsp3) is 0.455. The third kappa shape index (κ3) is 4.73. The molecule has 0 radical (unpaired) electrons. The number of benzene rings is 2. The molecule has 5 heteroatoms. The van der Waals surface area contributed by atoms with E-state index in [1.54, 1.807) is 7.11 Å². The van der Waals surface area contributed by atoms with Gasteiger partial charge in [0.2, 0.25) is 0 Å². The van der Waals surface area contributed by atoms with E-state index in [1.807, 2.05) is 27.1 Å². The number of hydrogen-bond donors (Lipinski definition) is 1. The van der Waals surface area contributed by atoms with Gasteiger partial charge in [-0.1, -0.05) is 12.1 Å². The first-order valence-corrected chi connectivity index (χ1v) is 9.56. The highest BCUT2D eigenvalue weighted by Crippen LogP contribution is 2.38. The van der Waals surface area contributed by atoms with Crippen LogP contribution in [-0.4, -0.2) is 52.4 Å². The van der Waals surface area contributed by atoms with E-state index in [1.165, 1.54) is 16.7 Å². The van der Waals surface area contributed by atoms with Crippen molar-refractivity contribution in [3.05, 3.63) is 53.1 Å². The summed E-state index contributed by atoms with van der Waals surface area (Å²) in [5, 5.41) is 3.64. The van der Waals surface area contributed by atoms with Crippen LogP contribution in [0.1, 0.15) is 29.7 Å². The van der Waals surface area contributed by atoms with Gasteiger partial charge in [0.1, 0.15) is 12.4 Å². The van der Waals surface area contributed by atoms with Crippen LogP contribution in [0.3, 0.4) is 0 Å². The van der Waals surface area contributed by atoms with E-state index in [4.69, 9.17) is 14.2 Å². The van der Waals surface area contributed by atoms with Gasteiger partial charge in [0, 0.05) is 13.1 Å². The van der Waals surface area contributed by atoms with E-state index in [0.717, 1.165) is 36.8 Å². The number of nitrogens with one attached hydrogen (secondary N) is 1. The average molecular weight is 370 g/mol. The van der Waals surface area contributed by atoms with Crippen molar-refractivity contribution in [2.75, 3.05) is 47.5 Å². The molecule has 0 aromatic heterocycles. The molecule has 1 heterocycles. The molecule has 0 aliphatic carbocycles. The van der Waals surface area contributed by atoms with E-state index in [0.29, 0.717) is 13.2 Å². The van der Waals surface area contributed by atoms with Crippen molar-refractivity contribution in [1.29, 1.82) is 0 Å². The Hall–Kier alpha value is -2.24. The van der Waals surface area contributed by atoms with Crippen LogP contribution in [0.25, 0.3) is 0 Å². The van der Waals surface area contributed by atoms with Crippen molar-refractivity contribution in [2.24, 2.45) is 0 Å². The van der Waals surface area contributed by atoms with Gasteiger partial charge in [-0.2, -0.15) is 0 Å². The summed E-state index contributed by atoms with van der Waals surface area (Å²) >= 11 is 0. The number of methoxy groups -OCH3 is 1. The molecule has 0 bridgehead atoms. The molecule has 1 N–H and O–H groups in total. The molecule has 0 saturated carbocycles. The minimum absolute atomic E-state index is 0.122. The maximum absolute atomic E-state index is 5.92. The Labute approximate surface area is 162 Å². The summed E-state index contributed by atoms with van der Waals surface area (Å²) in [7, 11) is 5.79. The number of ether oxygens (including phenoxy) is 3. The zero-order valence-electron chi connectivity index (χ0n) is 16.7. The van der Waals surface area contributed by atoms with Crippen LogP contribution < -0.4 is 19.5 Å². The fourth-order valence-electron chi connectivity index (χ4n) is 3.42. The Morgan fingerprint density at radius 2 is 1.96 bits per heavy atom. The van der Waals surface area contributed by atoms with Crippen LogP contribution in [0.4, 0.5) is 0 Å². The molecular weight excluding hydrogens is 340 g/mol. The van der Waals surface area contributed by atoms with Crippen LogP contribution >= 0.6 is 0 Å². The van der Waals surface area contributed by atoms with Crippen LogP contribution in [0, 0.1) is 0 Å². The highest BCUT2D eigenvalue weighted by Gasteiger charge is 2.24. The predicted octanol–water partition coefficient (Wildman–Crippen LogP) is 3.27. The lowest BCUT2D eigenvalue weighted by Crippen LogP contribution is -2.30. The highest BCUT2D eigenvalue weighted by atomic mass is 16.5. The van der Waals surface area contributed by atoms with Crippen molar-refractivity contribution in [3.63, 3.8) is 0 Å². The SMILES string of the molecule is CCOc1cc2c(cc1OC)CCNC2c1cccc(OCCN(C)C)c1. The molecule has 1 aliphatic heterocycles. The summed E-state index contributed by atoms with van der Waals surface area (Å²) in [6, 6.07) is 12.7. The number of fused-ring (bicyclic) bond motifs is 1. The van der Waals surface area contributed by atoms with E-state index < -0.39 is 0 Å². The maximum atomic E-state index is 5.92. The Morgan fingerprint density at radius 3 is 2.70 bits per heavy atom. The summed E-state index contributed by atoms with van der Waals surface area (Å²) < 4.78 is 17.2. The standard InChI is InChI=1S/C22H30N2O3/c1-5-26-21-15-19-16(14-20(21)25-4)9-10-23-22(19)17-7-6-8-18(13-17)27-12-11-24(2)3/h6-8,13-15,22-23H,5,9-12H2,1-4H3. The molecule has 1 atom stereocenters. The van der Waals surface area contributed by atoms with Crippen molar-refractivity contribution < 1.29 is 14.2 Å². The smallest absolute Gasteiger partial charge is 0.161 e. The van der Waals surface area contributed by atoms with Crippen LogP contribution in [-0.2, 0) is 6.42 Å². The fourth-order valence-corrected chi connectivity index (χ4v) is 3.42. The van der Waals surface area contributed by atoms with Gasteiger partial charge in [-0.05, 0) is 68.4 Å².